The number of nitrogens with one attached hydrogen (secondary N) is 3. The summed E-state index contributed by atoms with van der Waals surface area (Å²) in [5, 5.41) is 12.6. The highest BCUT2D eigenvalue weighted by molar-refractivity contribution is 5.97. The molecule has 1 aliphatic heterocycles. The summed E-state index contributed by atoms with van der Waals surface area (Å²) >= 11 is 0. The van der Waals surface area contributed by atoms with Crippen LogP contribution in [0.25, 0.3) is 0 Å². The third-order valence-corrected chi connectivity index (χ3v) is 3.74. The minimum atomic E-state index is -0.174. The molecule has 0 radical (unpaired) electrons. The van der Waals surface area contributed by atoms with E-state index in [4.69, 9.17) is 0 Å². The van der Waals surface area contributed by atoms with Crippen molar-refractivity contribution in [3.05, 3.63) is 41.0 Å². The summed E-state index contributed by atoms with van der Waals surface area (Å²) in [6.45, 7) is 4.32. The number of rotatable bonds is 4. The van der Waals surface area contributed by atoms with Crippen LogP contribution in [0.2, 0.25) is 0 Å². The van der Waals surface area contributed by atoms with Crippen LogP contribution in [0, 0.1) is 0 Å². The van der Waals surface area contributed by atoms with Gasteiger partial charge in [0.25, 0.3) is 5.91 Å². The van der Waals surface area contributed by atoms with E-state index in [9.17, 15) is 9.59 Å². The maximum Gasteiger partial charge on any atom is 0.251 e. The third kappa shape index (κ3) is 3.39. The van der Waals surface area contributed by atoms with E-state index >= 15 is 0 Å². The number of hydrogen-bond donors (Lipinski definition) is 3. The van der Waals surface area contributed by atoms with Gasteiger partial charge in [0.1, 0.15) is 5.82 Å². The lowest BCUT2D eigenvalue weighted by atomic mass is 10.00. The Morgan fingerprint density at radius 3 is 2.91 bits per heavy atom. The van der Waals surface area contributed by atoms with Crippen LogP contribution in [0.5, 0.6) is 0 Å². The van der Waals surface area contributed by atoms with Crippen molar-refractivity contribution in [1.82, 2.24) is 20.5 Å². The molecule has 3 N–H and O–H groups in total. The summed E-state index contributed by atoms with van der Waals surface area (Å²) in [6, 6.07) is 5.30. The zero-order valence-electron chi connectivity index (χ0n) is 13.1. The van der Waals surface area contributed by atoms with Crippen molar-refractivity contribution in [1.29, 1.82) is 0 Å². The van der Waals surface area contributed by atoms with Gasteiger partial charge >= 0.3 is 0 Å². The highest BCUT2D eigenvalue weighted by Gasteiger charge is 2.17. The second-order valence-corrected chi connectivity index (χ2v) is 5.90. The van der Waals surface area contributed by atoms with Crippen LogP contribution in [-0.2, 0) is 17.8 Å². The van der Waals surface area contributed by atoms with Gasteiger partial charge in [0.2, 0.25) is 5.91 Å². The molecule has 120 valence electrons. The summed E-state index contributed by atoms with van der Waals surface area (Å²) in [4.78, 5) is 27.9. The van der Waals surface area contributed by atoms with E-state index in [2.05, 4.69) is 25.8 Å². The lowest BCUT2D eigenvalue weighted by Crippen LogP contribution is -2.24. The molecule has 3 rings (SSSR count). The minimum absolute atomic E-state index is 0.0148. The Labute approximate surface area is 133 Å². The molecule has 1 aliphatic rings. The second kappa shape index (κ2) is 6.20. The number of carbonyl (C=O) groups excluding carboxylic acids is 2. The van der Waals surface area contributed by atoms with Gasteiger partial charge in [0.05, 0.1) is 6.54 Å². The monoisotopic (exact) mass is 313 g/mol. The summed E-state index contributed by atoms with van der Waals surface area (Å²) in [7, 11) is 0. The van der Waals surface area contributed by atoms with Crippen LogP contribution in [0.1, 0.15) is 53.8 Å². The number of H-pyrrole nitrogens is 1. The lowest BCUT2D eigenvalue weighted by molar-refractivity contribution is -0.116. The van der Waals surface area contributed by atoms with Gasteiger partial charge in [-0.05, 0) is 30.2 Å². The van der Waals surface area contributed by atoms with Crippen LogP contribution in [0.4, 0.5) is 5.69 Å². The minimum Gasteiger partial charge on any atom is -0.345 e. The van der Waals surface area contributed by atoms with Crippen molar-refractivity contribution in [2.24, 2.45) is 0 Å². The quantitative estimate of drug-likeness (QED) is 0.800. The fraction of sp³-hybridized carbons (Fsp3) is 0.375. The summed E-state index contributed by atoms with van der Waals surface area (Å²) in [5.41, 5.74) is 2.34. The maximum absolute atomic E-state index is 12.2. The van der Waals surface area contributed by atoms with E-state index in [-0.39, 0.29) is 17.7 Å². The third-order valence-electron chi connectivity index (χ3n) is 3.74. The first-order valence-corrected chi connectivity index (χ1v) is 7.65. The summed E-state index contributed by atoms with van der Waals surface area (Å²) in [6.07, 6.45) is 1.11. The van der Waals surface area contributed by atoms with Crippen molar-refractivity contribution >= 4 is 17.5 Å². The molecule has 0 bridgehead atoms. The number of anilines is 1. The molecule has 1 aromatic carbocycles. The molecular weight excluding hydrogens is 294 g/mol. The molecule has 0 aliphatic carbocycles. The van der Waals surface area contributed by atoms with Crippen molar-refractivity contribution in [3.63, 3.8) is 0 Å². The zero-order valence-corrected chi connectivity index (χ0v) is 13.1. The Bertz CT molecular complexity index is 751. The Balaban J connectivity index is 1.65. The van der Waals surface area contributed by atoms with Gasteiger partial charge in [-0.1, -0.05) is 13.8 Å². The van der Waals surface area contributed by atoms with Crippen LogP contribution in [-0.4, -0.2) is 27.0 Å². The Morgan fingerprint density at radius 1 is 1.35 bits per heavy atom. The van der Waals surface area contributed by atoms with Crippen LogP contribution < -0.4 is 10.6 Å². The predicted octanol–water partition coefficient (Wildman–Crippen LogP) is 1.74. The number of carbonyl (C=O) groups is 2. The topological polar surface area (TPSA) is 99.8 Å². The first-order valence-electron chi connectivity index (χ1n) is 7.65. The number of benzene rings is 1. The molecule has 7 heteroatoms. The van der Waals surface area contributed by atoms with E-state index < -0.39 is 0 Å². The van der Waals surface area contributed by atoms with Gasteiger partial charge < -0.3 is 10.6 Å². The molecule has 0 saturated heterocycles. The molecule has 0 fully saturated rings. The van der Waals surface area contributed by atoms with E-state index in [0.29, 0.717) is 30.8 Å². The zero-order chi connectivity index (χ0) is 16.4. The fourth-order valence-corrected chi connectivity index (χ4v) is 2.44. The average Bonchev–Trinajstić information content (AvgIpc) is 3.01. The van der Waals surface area contributed by atoms with E-state index in [0.717, 1.165) is 17.1 Å². The number of hydrogen-bond acceptors (Lipinski definition) is 4. The molecule has 2 aromatic rings. The Morgan fingerprint density at radius 2 is 2.17 bits per heavy atom. The number of aromatic nitrogens is 3. The largest absolute Gasteiger partial charge is 0.345 e. The standard InChI is InChI=1S/C16H19N5O2/c1-9(2)15-19-13(20-21-15)8-17-16(23)11-3-5-12-10(7-11)4-6-14(22)18-12/h3,5,7,9H,4,6,8H2,1-2H3,(H,17,23)(H,18,22)(H,19,20,21). The number of nitrogens with zero attached hydrogens (tertiary/aromatic N) is 2. The van der Waals surface area contributed by atoms with Gasteiger partial charge in [-0.25, -0.2) is 4.98 Å². The van der Waals surface area contributed by atoms with Gasteiger partial charge in [0.15, 0.2) is 5.82 Å². The molecule has 1 aromatic heterocycles. The highest BCUT2D eigenvalue weighted by atomic mass is 16.2. The van der Waals surface area contributed by atoms with E-state index in [1.165, 1.54) is 0 Å². The van der Waals surface area contributed by atoms with Crippen molar-refractivity contribution < 1.29 is 9.59 Å². The number of aromatic amines is 1. The second-order valence-electron chi connectivity index (χ2n) is 5.90. The van der Waals surface area contributed by atoms with Crippen LogP contribution in [0.3, 0.4) is 0 Å². The molecule has 23 heavy (non-hydrogen) atoms. The molecule has 0 atom stereocenters. The SMILES string of the molecule is CC(C)c1n[nH]c(CNC(=O)c2ccc3c(c2)CCC(=O)N3)n1. The normalized spacial score (nSPS) is 13.6. The maximum atomic E-state index is 12.2. The molecule has 0 spiro atoms. The van der Waals surface area contributed by atoms with Gasteiger partial charge in [-0.3, -0.25) is 14.7 Å². The molecule has 2 heterocycles. The molecular formula is C16H19N5O2. The fourth-order valence-electron chi connectivity index (χ4n) is 2.44. The lowest BCUT2D eigenvalue weighted by Gasteiger charge is -2.17. The Kier molecular flexibility index (Phi) is 4.10. The van der Waals surface area contributed by atoms with Crippen molar-refractivity contribution in [2.75, 3.05) is 5.32 Å². The Hall–Kier alpha value is -2.70. The molecule has 2 amide bonds. The van der Waals surface area contributed by atoms with Crippen LogP contribution >= 0.6 is 0 Å². The van der Waals surface area contributed by atoms with Gasteiger partial charge in [-0.2, -0.15) is 5.10 Å². The molecule has 0 unspecified atom stereocenters. The smallest absolute Gasteiger partial charge is 0.251 e. The summed E-state index contributed by atoms with van der Waals surface area (Å²) < 4.78 is 0. The van der Waals surface area contributed by atoms with E-state index in [1.54, 1.807) is 12.1 Å². The number of fused-ring (bicyclic) bond motifs is 1. The number of aryl methyl sites for hydroxylation is 1. The summed E-state index contributed by atoms with van der Waals surface area (Å²) in [5.74, 6) is 1.45. The van der Waals surface area contributed by atoms with Crippen LogP contribution in [0.15, 0.2) is 18.2 Å². The molecule has 0 saturated carbocycles. The first kappa shape index (κ1) is 15.2. The average molecular weight is 313 g/mol. The highest BCUT2D eigenvalue weighted by Crippen LogP contribution is 2.23. The molecule has 7 nitrogen and oxygen atoms in total. The predicted molar refractivity (Wildman–Crippen MR) is 85.0 cm³/mol. The number of amides is 2. The van der Waals surface area contributed by atoms with Gasteiger partial charge in [-0.15, -0.1) is 0 Å². The van der Waals surface area contributed by atoms with Gasteiger partial charge in [0, 0.05) is 23.6 Å². The van der Waals surface area contributed by atoms with E-state index in [1.807, 2.05) is 19.9 Å². The van der Waals surface area contributed by atoms with Crippen molar-refractivity contribution in [2.45, 2.75) is 39.2 Å². The van der Waals surface area contributed by atoms with Crippen molar-refractivity contribution in [3.8, 4) is 0 Å². The first-order chi connectivity index (χ1) is 11.0.